The van der Waals surface area contributed by atoms with Crippen LogP contribution in [0.25, 0.3) is 39.6 Å². The van der Waals surface area contributed by atoms with E-state index in [1.807, 2.05) is 85.1 Å². The fraction of sp³-hybridized carbons (Fsp3) is 0. The first-order valence-corrected chi connectivity index (χ1v) is 10.0. The highest BCUT2D eigenvalue weighted by Crippen LogP contribution is 2.22. The lowest BCUT2D eigenvalue weighted by atomic mass is 10.1. The average Bonchev–Trinajstić information content (AvgIpc) is 3.17. The number of hydrogen-bond donors (Lipinski definition) is 1. The molecular weight excluding hydrogens is 426 g/mol. The van der Waals surface area contributed by atoms with Gasteiger partial charge in [0.1, 0.15) is 5.82 Å². The molecule has 2 heterocycles. The number of nitrogens with zero attached hydrogens (tertiary/aromatic N) is 2. The molecule has 0 saturated carbocycles. The second-order valence-electron chi connectivity index (χ2n) is 6.73. The zero-order chi connectivity index (χ0) is 19.8. The minimum absolute atomic E-state index is 0.0962. The molecule has 1 N–H and O–H groups in total. The van der Waals surface area contributed by atoms with Crippen LogP contribution in [0.3, 0.4) is 0 Å². The molecule has 140 valence electrons. The smallest absolute Gasteiger partial charge is 0.266 e. The van der Waals surface area contributed by atoms with Gasteiger partial charge in [-0.2, -0.15) is 0 Å². The van der Waals surface area contributed by atoms with Crippen LogP contribution < -0.4 is 5.56 Å². The van der Waals surface area contributed by atoms with Crippen molar-refractivity contribution >= 4 is 49.9 Å². The van der Waals surface area contributed by atoms with Crippen molar-refractivity contribution in [1.82, 2.24) is 14.5 Å². The molecule has 4 nitrogen and oxygen atoms in total. The van der Waals surface area contributed by atoms with Gasteiger partial charge < -0.3 is 4.98 Å². The minimum Gasteiger partial charge on any atom is -0.361 e. The van der Waals surface area contributed by atoms with E-state index in [-0.39, 0.29) is 5.56 Å². The Labute approximate surface area is 175 Å². The fourth-order valence-electron chi connectivity index (χ4n) is 3.51. The van der Waals surface area contributed by atoms with E-state index in [1.165, 1.54) is 0 Å². The number of aromatic amines is 1. The third-order valence-electron chi connectivity index (χ3n) is 4.90. The number of halogens is 1. The summed E-state index contributed by atoms with van der Waals surface area (Å²) in [6, 6.07) is 23.3. The van der Waals surface area contributed by atoms with E-state index in [1.54, 1.807) is 4.57 Å². The summed E-state index contributed by atoms with van der Waals surface area (Å²) < 4.78 is 2.51. The highest BCUT2D eigenvalue weighted by molar-refractivity contribution is 9.10. The van der Waals surface area contributed by atoms with Crippen LogP contribution in [0.5, 0.6) is 0 Å². The molecule has 0 radical (unpaired) electrons. The summed E-state index contributed by atoms with van der Waals surface area (Å²) in [6.45, 7) is 0. The number of hydrogen-bond acceptors (Lipinski definition) is 2. The summed E-state index contributed by atoms with van der Waals surface area (Å²) in [5.41, 5.74) is 3.48. The average molecular weight is 442 g/mol. The van der Waals surface area contributed by atoms with Crippen LogP contribution in [0.4, 0.5) is 0 Å². The predicted octanol–water partition coefficient (Wildman–Crippen LogP) is 5.80. The molecule has 0 aliphatic rings. The van der Waals surface area contributed by atoms with Gasteiger partial charge in [-0.15, -0.1) is 0 Å². The van der Waals surface area contributed by atoms with Gasteiger partial charge in [-0.25, -0.2) is 4.98 Å². The number of rotatable bonds is 3. The maximum absolute atomic E-state index is 13.3. The Bertz CT molecular complexity index is 1430. The molecule has 0 fully saturated rings. The molecule has 5 heteroatoms. The van der Waals surface area contributed by atoms with Crippen molar-refractivity contribution in [3.8, 4) is 5.69 Å². The monoisotopic (exact) mass is 441 g/mol. The Morgan fingerprint density at radius 3 is 2.55 bits per heavy atom. The Balaban J connectivity index is 1.74. The number of para-hydroxylation sites is 2. The zero-order valence-electron chi connectivity index (χ0n) is 15.3. The first kappa shape index (κ1) is 17.6. The Morgan fingerprint density at radius 2 is 1.69 bits per heavy atom. The molecule has 5 aromatic rings. The van der Waals surface area contributed by atoms with E-state index in [4.69, 9.17) is 4.98 Å². The lowest BCUT2D eigenvalue weighted by Gasteiger charge is -2.11. The summed E-state index contributed by atoms with van der Waals surface area (Å²) in [7, 11) is 0. The van der Waals surface area contributed by atoms with Crippen LogP contribution in [0.2, 0.25) is 0 Å². The SMILES string of the molecule is O=c1c2cc(Br)ccc2nc(C=Cc2c[nH]c3ccccc23)n1-c1ccccc1. The molecule has 3 aromatic carbocycles. The van der Waals surface area contributed by atoms with Gasteiger partial charge in [0, 0.05) is 21.6 Å². The summed E-state index contributed by atoms with van der Waals surface area (Å²) in [6.07, 6.45) is 5.85. The van der Waals surface area contributed by atoms with Gasteiger partial charge in [-0.05, 0) is 54.1 Å². The van der Waals surface area contributed by atoms with Crippen molar-refractivity contribution in [2.75, 3.05) is 0 Å². The van der Waals surface area contributed by atoms with Crippen molar-refractivity contribution in [1.29, 1.82) is 0 Å². The maximum atomic E-state index is 13.3. The van der Waals surface area contributed by atoms with Crippen LogP contribution in [0, 0.1) is 0 Å². The van der Waals surface area contributed by atoms with E-state index in [2.05, 4.69) is 27.0 Å². The van der Waals surface area contributed by atoms with E-state index >= 15 is 0 Å². The van der Waals surface area contributed by atoms with Crippen molar-refractivity contribution in [2.24, 2.45) is 0 Å². The van der Waals surface area contributed by atoms with Crippen LogP contribution >= 0.6 is 15.9 Å². The third kappa shape index (κ3) is 3.19. The molecule has 0 saturated heterocycles. The molecular formula is C24H16BrN3O. The molecule has 0 unspecified atom stereocenters. The maximum Gasteiger partial charge on any atom is 0.266 e. The third-order valence-corrected chi connectivity index (χ3v) is 5.40. The van der Waals surface area contributed by atoms with Crippen LogP contribution in [0.1, 0.15) is 11.4 Å². The minimum atomic E-state index is -0.0962. The molecule has 0 aliphatic heterocycles. The summed E-state index contributed by atoms with van der Waals surface area (Å²) in [4.78, 5) is 21.4. The van der Waals surface area contributed by atoms with Gasteiger partial charge in [0.05, 0.1) is 16.6 Å². The van der Waals surface area contributed by atoms with E-state index in [0.29, 0.717) is 16.7 Å². The van der Waals surface area contributed by atoms with Crippen molar-refractivity contribution < 1.29 is 0 Å². The molecule has 29 heavy (non-hydrogen) atoms. The molecule has 2 aromatic heterocycles. The second-order valence-corrected chi connectivity index (χ2v) is 7.65. The topological polar surface area (TPSA) is 50.7 Å². The van der Waals surface area contributed by atoms with Crippen LogP contribution in [0.15, 0.2) is 88.3 Å². The van der Waals surface area contributed by atoms with Crippen molar-refractivity contribution in [3.05, 3.63) is 105 Å². The van der Waals surface area contributed by atoms with E-state index < -0.39 is 0 Å². The lowest BCUT2D eigenvalue weighted by Crippen LogP contribution is -2.22. The molecule has 0 amide bonds. The molecule has 5 rings (SSSR count). The highest BCUT2D eigenvalue weighted by atomic mass is 79.9. The Hall–Kier alpha value is -3.44. The molecule has 0 bridgehead atoms. The van der Waals surface area contributed by atoms with Crippen LogP contribution in [-0.2, 0) is 0 Å². The lowest BCUT2D eigenvalue weighted by molar-refractivity contribution is 0.944. The number of aromatic nitrogens is 3. The number of benzene rings is 3. The first-order valence-electron chi connectivity index (χ1n) is 9.23. The summed E-state index contributed by atoms with van der Waals surface area (Å²) in [5.74, 6) is 0.585. The zero-order valence-corrected chi connectivity index (χ0v) is 16.9. The van der Waals surface area contributed by atoms with Crippen molar-refractivity contribution in [3.63, 3.8) is 0 Å². The summed E-state index contributed by atoms with van der Waals surface area (Å²) in [5, 5.41) is 1.70. The summed E-state index contributed by atoms with van der Waals surface area (Å²) >= 11 is 3.45. The van der Waals surface area contributed by atoms with E-state index in [9.17, 15) is 4.79 Å². The Kier molecular flexibility index (Phi) is 4.37. The van der Waals surface area contributed by atoms with Gasteiger partial charge >= 0.3 is 0 Å². The number of H-pyrrole nitrogens is 1. The predicted molar refractivity (Wildman–Crippen MR) is 122 cm³/mol. The quantitative estimate of drug-likeness (QED) is 0.384. The molecule has 0 atom stereocenters. The van der Waals surface area contributed by atoms with Gasteiger partial charge in [0.15, 0.2) is 0 Å². The van der Waals surface area contributed by atoms with Gasteiger partial charge in [0.2, 0.25) is 0 Å². The standard InChI is InChI=1S/C24H16BrN3O/c25-17-11-12-22-20(14-17)24(29)28(18-6-2-1-3-7-18)23(27-22)13-10-16-15-26-21-9-5-4-8-19(16)21/h1-15,26H. The first-order chi connectivity index (χ1) is 14.2. The number of nitrogens with one attached hydrogen (secondary N) is 1. The van der Waals surface area contributed by atoms with Crippen molar-refractivity contribution in [2.45, 2.75) is 0 Å². The normalized spacial score (nSPS) is 11.6. The van der Waals surface area contributed by atoms with Gasteiger partial charge in [-0.1, -0.05) is 52.3 Å². The van der Waals surface area contributed by atoms with Gasteiger partial charge in [-0.3, -0.25) is 9.36 Å². The van der Waals surface area contributed by atoms with E-state index in [0.717, 1.165) is 26.6 Å². The largest absolute Gasteiger partial charge is 0.361 e. The number of fused-ring (bicyclic) bond motifs is 2. The van der Waals surface area contributed by atoms with Crippen LogP contribution in [-0.4, -0.2) is 14.5 Å². The highest BCUT2D eigenvalue weighted by Gasteiger charge is 2.11. The van der Waals surface area contributed by atoms with Gasteiger partial charge in [0.25, 0.3) is 5.56 Å². The molecule has 0 aliphatic carbocycles. The Morgan fingerprint density at radius 1 is 0.897 bits per heavy atom. The second kappa shape index (κ2) is 7.18. The molecule has 0 spiro atoms. The fourth-order valence-corrected chi connectivity index (χ4v) is 3.87.